The maximum atomic E-state index is 5.48. The SMILES string of the molecule is COCC1(CC2CCCCN2C)CCCCN1. The van der Waals surface area contributed by atoms with E-state index in [1.165, 1.54) is 58.0 Å². The summed E-state index contributed by atoms with van der Waals surface area (Å²) in [6.45, 7) is 3.31. The normalized spacial score (nSPS) is 36.0. The van der Waals surface area contributed by atoms with Crippen LogP contribution in [0.1, 0.15) is 44.9 Å². The first-order chi connectivity index (χ1) is 8.26. The first kappa shape index (κ1) is 13.3. The molecule has 100 valence electrons. The zero-order chi connectivity index (χ0) is 12.1. The smallest absolute Gasteiger partial charge is 0.0645 e. The van der Waals surface area contributed by atoms with Crippen LogP contribution in [0.5, 0.6) is 0 Å². The Morgan fingerprint density at radius 2 is 2.18 bits per heavy atom. The molecule has 17 heavy (non-hydrogen) atoms. The van der Waals surface area contributed by atoms with Gasteiger partial charge in [0.05, 0.1) is 6.61 Å². The molecule has 0 bridgehead atoms. The van der Waals surface area contributed by atoms with E-state index in [0.717, 1.165) is 12.6 Å². The average Bonchev–Trinajstić information content (AvgIpc) is 2.34. The van der Waals surface area contributed by atoms with Gasteiger partial charge in [0.25, 0.3) is 0 Å². The Kier molecular flexibility index (Phi) is 4.83. The van der Waals surface area contributed by atoms with Crippen LogP contribution < -0.4 is 5.32 Å². The molecule has 2 saturated heterocycles. The van der Waals surface area contributed by atoms with E-state index in [4.69, 9.17) is 4.74 Å². The summed E-state index contributed by atoms with van der Waals surface area (Å²) in [5.74, 6) is 0. The molecule has 2 aliphatic rings. The first-order valence-corrected chi connectivity index (χ1v) is 7.20. The second-order valence-electron chi connectivity index (χ2n) is 5.93. The molecule has 0 aromatic carbocycles. The van der Waals surface area contributed by atoms with Crippen LogP contribution in [-0.2, 0) is 4.74 Å². The van der Waals surface area contributed by atoms with E-state index in [1.54, 1.807) is 0 Å². The summed E-state index contributed by atoms with van der Waals surface area (Å²) in [4.78, 5) is 2.55. The van der Waals surface area contributed by atoms with Gasteiger partial charge in [0.1, 0.15) is 0 Å². The Balaban J connectivity index is 1.95. The van der Waals surface area contributed by atoms with E-state index in [1.807, 2.05) is 7.11 Å². The minimum absolute atomic E-state index is 0.253. The number of nitrogens with one attached hydrogen (secondary N) is 1. The minimum Gasteiger partial charge on any atom is -0.383 e. The van der Waals surface area contributed by atoms with Crippen molar-refractivity contribution in [2.75, 3.05) is 33.9 Å². The van der Waals surface area contributed by atoms with Crippen LogP contribution >= 0.6 is 0 Å². The predicted octanol–water partition coefficient (Wildman–Crippen LogP) is 2.02. The summed E-state index contributed by atoms with van der Waals surface area (Å²) in [6.07, 6.45) is 9.36. The molecule has 0 amide bonds. The summed E-state index contributed by atoms with van der Waals surface area (Å²) in [7, 11) is 4.12. The third-order valence-electron chi connectivity index (χ3n) is 4.55. The molecule has 0 aromatic heterocycles. The minimum atomic E-state index is 0.253. The summed E-state index contributed by atoms with van der Waals surface area (Å²) in [5, 5.41) is 3.75. The van der Waals surface area contributed by atoms with E-state index in [0.29, 0.717) is 0 Å². The van der Waals surface area contributed by atoms with Crippen LogP contribution in [-0.4, -0.2) is 50.3 Å². The first-order valence-electron chi connectivity index (χ1n) is 7.20. The van der Waals surface area contributed by atoms with Crippen molar-refractivity contribution in [2.45, 2.75) is 56.5 Å². The topological polar surface area (TPSA) is 24.5 Å². The lowest BCUT2D eigenvalue weighted by Gasteiger charge is -2.43. The molecule has 2 unspecified atom stereocenters. The van der Waals surface area contributed by atoms with Gasteiger partial charge in [-0.25, -0.2) is 0 Å². The van der Waals surface area contributed by atoms with Gasteiger partial charge in [-0.3, -0.25) is 0 Å². The van der Waals surface area contributed by atoms with E-state index in [9.17, 15) is 0 Å². The molecule has 0 saturated carbocycles. The highest BCUT2D eigenvalue weighted by Gasteiger charge is 2.35. The summed E-state index contributed by atoms with van der Waals surface area (Å²) in [6, 6.07) is 0.754. The summed E-state index contributed by atoms with van der Waals surface area (Å²) in [5.41, 5.74) is 0.253. The molecule has 2 aliphatic heterocycles. The molecule has 2 atom stereocenters. The highest BCUT2D eigenvalue weighted by molar-refractivity contribution is 4.95. The number of hydrogen-bond donors (Lipinski definition) is 1. The summed E-state index contributed by atoms with van der Waals surface area (Å²) >= 11 is 0. The molecule has 0 aromatic rings. The predicted molar refractivity (Wildman–Crippen MR) is 71.3 cm³/mol. The lowest BCUT2D eigenvalue weighted by Crippen LogP contribution is -2.56. The standard InChI is InChI=1S/C14H28N2O/c1-16-10-6-3-7-13(16)11-14(12-17-2)8-4-5-9-15-14/h13,15H,3-12H2,1-2H3. The van der Waals surface area contributed by atoms with Gasteiger partial charge in [-0.05, 0) is 52.2 Å². The third kappa shape index (κ3) is 3.43. The molecule has 0 spiro atoms. The molecule has 3 nitrogen and oxygen atoms in total. The largest absolute Gasteiger partial charge is 0.383 e. The maximum Gasteiger partial charge on any atom is 0.0645 e. The maximum absolute atomic E-state index is 5.48. The highest BCUT2D eigenvalue weighted by atomic mass is 16.5. The van der Waals surface area contributed by atoms with Crippen LogP contribution in [0.3, 0.4) is 0 Å². The van der Waals surface area contributed by atoms with Gasteiger partial charge >= 0.3 is 0 Å². The Bertz CT molecular complexity index is 221. The van der Waals surface area contributed by atoms with Crippen molar-refractivity contribution < 1.29 is 4.74 Å². The van der Waals surface area contributed by atoms with Crippen LogP contribution in [0.15, 0.2) is 0 Å². The lowest BCUT2D eigenvalue weighted by atomic mass is 9.81. The highest BCUT2D eigenvalue weighted by Crippen LogP contribution is 2.29. The number of likely N-dealkylation sites (tertiary alicyclic amines) is 1. The van der Waals surface area contributed by atoms with Crippen LogP contribution in [0.4, 0.5) is 0 Å². The Morgan fingerprint density at radius 3 is 2.82 bits per heavy atom. The van der Waals surface area contributed by atoms with Crippen molar-refractivity contribution in [3.05, 3.63) is 0 Å². The van der Waals surface area contributed by atoms with Gasteiger partial charge in [0.15, 0.2) is 0 Å². The molecule has 2 heterocycles. The molecule has 1 N–H and O–H groups in total. The number of nitrogens with zero attached hydrogens (tertiary/aromatic N) is 1. The molecular formula is C14H28N2O. The van der Waals surface area contributed by atoms with Gasteiger partial charge in [0, 0.05) is 18.7 Å². The van der Waals surface area contributed by atoms with Crippen molar-refractivity contribution in [2.24, 2.45) is 0 Å². The van der Waals surface area contributed by atoms with Crippen molar-refractivity contribution in [3.63, 3.8) is 0 Å². The van der Waals surface area contributed by atoms with Crippen molar-refractivity contribution in [3.8, 4) is 0 Å². The third-order valence-corrected chi connectivity index (χ3v) is 4.55. The van der Waals surface area contributed by atoms with E-state index in [-0.39, 0.29) is 5.54 Å². The number of rotatable bonds is 4. The van der Waals surface area contributed by atoms with Crippen molar-refractivity contribution in [1.29, 1.82) is 0 Å². The van der Waals surface area contributed by atoms with Crippen LogP contribution in [0.25, 0.3) is 0 Å². The zero-order valence-electron chi connectivity index (χ0n) is 11.5. The van der Waals surface area contributed by atoms with Gasteiger partial charge in [-0.15, -0.1) is 0 Å². The number of piperidine rings is 2. The fourth-order valence-electron chi connectivity index (χ4n) is 3.52. The van der Waals surface area contributed by atoms with E-state index in [2.05, 4.69) is 17.3 Å². The fourth-order valence-corrected chi connectivity index (χ4v) is 3.52. The molecule has 0 aliphatic carbocycles. The zero-order valence-corrected chi connectivity index (χ0v) is 11.5. The molecule has 2 rings (SSSR count). The summed E-state index contributed by atoms with van der Waals surface area (Å²) < 4.78 is 5.48. The van der Waals surface area contributed by atoms with Gasteiger partial charge in [0.2, 0.25) is 0 Å². The second kappa shape index (κ2) is 6.17. The van der Waals surface area contributed by atoms with Crippen molar-refractivity contribution >= 4 is 0 Å². The average molecular weight is 240 g/mol. The number of methoxy groups -OCH3 is 1. The van der Waals surface area contributed by atoms with Crippen molar-refractivity contribution in [1.82, 2.24) is 10.2 Å². The van der Waals surface area contributed by atoms with Gasteiger partial charge in [-0.1, -0.05) is 12.8 Å². The molecular weight excluding hydrogens is 212 g/mol. The van der Waals surface area contributed by atoms with Gasteiger partial charge in [-0.2, -0.15) is 0 Å². The number of hydrogen-bond acceptors (Lipinski definition) is 3. The Morgan fingerprint density at radius 1 is 1.29 bits per heavy atom. The monoisotopic (exact) mass is 240 g/mol. The van der Waals surface area contributed by atoms with Gasteiger partial charge < -0.3 is 15.0 Å². The van der Waals surface area contributed by atoms with E-state index < -0.39 is 0 Å². The fraction of sp³-hybridized carbons (Fsp3) is 1.00. The van der Waals surface area contributed by atoms with Crippen LogP contribution in [0, 0.1) is 0 Å². The lowest BCUT2D eigenvalue weighted by molar-refractivity contribution is 0.0515. The Hall–Kier alpha value is -0.120. The van der Waals surface area contributed by atoms with E-state index >= 15 is 0 Å². The molecule has 3 heteroatoms. The second-order valence-corrected chi connectivity index (χ2v) is 5.93. The van der Waals surface area contributed by atoms with Crippen LogP contribution in [0.2, 0.25) is 0 Å². The molecule has 2 fully saturated rings. The molecule has 0 radical (unpaired) electrons. The quantitative estimate of drug-likeness (QED) is 0.813. The Labute approximate surface area is 106 Å². The number of ether oxygens (including phenoxy) is 1.